The van der Waals surface area contributed by atoms with E-state index in [-0.39, 0.29) is 11.5 Å². The maximum absolute atomic E-state index is 13.8. The Morgan fingerprint density at radius 2 is 2.00 bits per heavy atom. The Hall–Kier alpha value is -0.640. The van der Waals surface area contributed by atoms with Crippen molar-refractivity contribution < 1.29 is 8.78 Å². The molecule has 1 aliphatic carbocycles. The van der Waals surface area contributed by atoms with Gasteiger partial charge in [-0.05, 0) is 40.3 Å². The number of halogens is 3. The first-order valence-electron chi connectivity index (χ1n) is 6.31. The Balaban J connectivity index is 2.23. The minimum absolute atomic E-state index is 0.137. The summed E-state index contributed by atoms with van der Waals surface area (Å²) in [5.74, 6) is -1.10. The van der Waals surface area contributed by atoms with Crippen molar-refractivity contribution in [2.45, 2.75) is 45.6 Å². The number of rotatable bonds is 2. The van der Waals surface area contributed by atoms with Gasteiger partial charge in [-0.25, -0.2) is 8.78 Å². The summed E-state index contributed by atoms with van der Waals surface area (Å²) in [6.07, 6.45) is 4.53. The van der Waals surface area contributed by atoms with Gasteiger partial charge in [0.2, 0.25) is 0 Å². The Morgan fingerprint density at radius 1 is 1.28 bits per heavy atom. The van der Waals surface area contributed by atoms with Gasteiger partial charge in [0, 0.05) is 16.6 Å². The maximum Gasteiger partial charge on any atom is 0.150 e. The minimum Gasteiger partial charge on any atom is -0.378 e. The smallest absolute Gasteiger partial charge is 0.150 e. The summed E-state index contributed by atoms with van der Waals surface area (Å²) >= 11 is 3.22. The molecular formula is C14H18BrF2N. The molecule has 0 saturated heterocycles. The van der Waals surface area contributed by atoms with E-state index < -0.39 is 11.6 Å². The van der Waals surface area contributed by atoms with Crippen molar-refractivity contribution in [3.05, 3.63) is 28.2 Å². The number of anilines is 1. The summed E-state index contributed by atoms with van der Waals surface area (Å²) in [6, 6.07) is 2.44. The highest BCUT2D eigenvalue weighted by atomic mass is 79.9. The van der Waals surface area contributed by atoms with Crippen molar-refractivity contribution in [2.24, 2.45) is 5.41 Å². The number of hydrogen-bond donors (Lipinski definition) is 1. The van der Waals surface area contributed by atoms with E-state index >= 15 is 0 Å². The van der Waals surface area contributed by atoms with Gasteiger partial charge in [-0.15, -0.1) is 0 Å². The van der Waals surface area contributed by atoms with Crippen LogP contribution in [-0.4, -0.2) is 6.04 Å². The normalized spacial score (nSPS) is 22.8. The summed E-state index contributed by atoms with van der Waals surface area (Å²) in [6.45, 7) is 4.39. The quantitative estimate of drug-likeness (QED) is 0.799. The molecule has 0 bridgehead atoms. The lowest BCUT2D eigenvalue weighted by Crippen LogP contribution is -2.39. The Morgan fingerprint density at radius 3 is 2.61 bits per heavy atom. The van der Waals surface area contributed by atoms with E-state index in [2.05, 4.69) is 35.1 Å². The molecule has 0 aliphatic heterocycles. The second kappa shape index (κ2) is 5.16. The van der Waals surface area contributed by atoms with Crippen LogP contribution in [0.5, 0.6) is 0 Å². The molecule has 0 heterocycles. The zero-order valence-electron chi connectivity index (χ0n) is 10.7. The van der Waals surface area contributed by atoms with Gasteiger partial charge in [-0.3, -0.25) is 0 Å². The molecular weight excluding hydrogens is 300 g/mol. The Bertz CT molecular complexity index is 422. The topological polar surface area (TPSA) is 12.0 Å². The molecule has 2 rings (SSSR count). The van der Waals surface area contributed by atoms with Crippen LogP contribution in [0.2, 0.25) is 0 Å². The predicted molar refractivity (Wildman–Crippen MR) is 73.7 cm³/mol. The Kier molecular flexibility index (Phi) is 3.95. The van der Waals surface area contributed by atoms with Gasteiger partial charge >= 0.3 is 0 Å². The lowest BCUT2D eigenvalue weighted by atomic mass is 9.73. The summed E-state index contributed by atoms with van der Waals surface area (Å²) < 4.78 is 27.3. The van der Waals surface area contributed by atoms with Crippen LogP contribution in [0.25, 0.3) is 0 Å². The molecule has 1 saturated carbocycles. The fraction of sp³-hybridized carbons (Fsp3) is 0.571. The molecule has 0 radical (unpaired) electrons. The van der Waals surface area contributed by atoms with Crippen LogP contribution in [0.15, 0.2) is 16.6 Å². The standard InChI is InChI=1S/C14H18BrF2N/c1-14(2)6-4-3-5-12(14)18-13-10(15)7-9(16)8-11(13)17/h7-8,12,18H,3-6H2,1-2H3. The van der Waals surface area contributed by atoms with E-state index in [1.165, 1.54) is 12.5 Å². The van der Waals surface area contributed by atoms with Gasteiger partial charge < -0.3 is 5.32 Å². The highest BCUT2D eigenvalue weighted by Crippen LogP contribution is 2.39. The molecule has 0 amide bonds. The molecule has 0 spiro atoms. The second-order valence-corrected chi connectivity index (χ2v) is 6.53. The zero-order chi connectivity index (χ0) is 13.3. The van der Waals surface area contributed by atoms with E-state index in [0.717, 1.165) is 25.3 Å². The molecule has 1 N–H and O–H groups in total. The SMILES string of the molecule is CC1(C)CCCCC1Nc1c(F)cc(F)cc1Br. The number of nitrogens with one attached hydrogen (secondary N) is 1. The molecule has 4 heteroatoms. The second-order valence-electron chi connectivity index (χ2n) is 5.68. The third-order valence-electron chi connectivity index (χ3n) is 3.83. The van der Waals surface area contributed by atoms with Crippen LogP contribution in [0.1, 0.15) is 39.5 Å². The van der Waals surface area contributed by atoms with Crippen LogP contribution in [0, 0.1) is 17.0 Å². The van der Waals surface area contributed by atoms with Crippen LogP contribution in [0.3, 0.4) is 0 Å². The van der Waals surface area contributed by atoms with Gasteiger partial charge in [0.15, 0.2) is 0 Å². The maximum atomic E-state index is 13.8. The first-order chi connectivity index (χ1) is 8.40. The molecule has 1 aromatic rings. The van der Waals surface area contributed by atoms with Crippen molar-refractivity contribution in [2.75, 3.05) is 5.32 Å². The third-order valence-corrected chi connectivity index (χ3v) is 4.46. The van der Waals surface area contributed by atoms with Crippen LogP contribution < -0.4 is 5.32 Å². The fourth-order valence-electron chi connectivity index (χ4n) is 2.62. The average molecular weight is 318 g/mol. The summed E-state index contributed by atoms with van der Waals surface area (Å²) in [5.41, 5.74) is 0.509. The largest absolute Gasteiger partial charge is 0.378 e. The van der Waals surface area contributed by atoms with Gasteiger partial charge in [0.05, 0.1) is 5.69 Å². The number of hydrogen-bond acceptors (Lipinski definition) is 1. The van der Waals surface area contributed by atoms with Crippen molar-refractivity contribution >= 4 is 21.6 Å². The molecule has 18 heavy (non-hydrogen) atoms. The average Bonchev–Trinajstić information content (AvgIpc) is 2.24. The monoisotopic (exact) mass is 317 g/mol. The molecule has 1 atom stereocenters. The molecule has 100 valence electrons. The molecule has 1 fully saturated rings. The number of benzene rings is 1. The third kappa shape index (κ3) is 2.85. The summed E-state index contributed by atoms with van der Waals surface area (Å²) in [5, 5.41) is 3.25. The predicted octanol–water partition coefficient (Wildman–Crippen LogP) is 5.11. The van der Waals surface area contributed by atoms with Crippen LogP contribution >= 0.6 is 15.9 Å². The lowest BCUT2D eigenvalue weighted by molar-refractivity contribution is 0.216. The van der Waals surface area contributed by atoms with E-state index in [1.54, 1.807) is 0 Å². The van der Waals surface area contributed by atoms with Gasteiger partial charge in [-0.2, -0.15) is 0 Å². The lowest BCUT2D eigenvalue weighted by Gasteiger charge is -2.39. The van der Waals surface area contributed by atoms with Gasteiger partial charge in [0.25, 0.3) is 0 Å². The minimum atomic E-state index is -0.562. The van der Waals surface area contributed by atoms with Gasteiger partial charge in [0.1, 0.15) is 11.6 Å². The fourth-order valence-corrected chi connectivity index (χ4v) is 3.14. The van der Waals surface area contributed by atoms with Crippen LogP contribution in [0.4, 0.5) is 14.5 Å². The van der Waals surface area contributed by atoms with Crippen molar-refractivity contribution in [1.29, 1.82) is 0 Å². The Labute approximate surface area is 115 Å². The molecule has 1 nitrogen and oxygen atoms in total. The molecule has 1 aromatic carbocycles. The van der Waals surface area contributed by atoms with Crippen molar-refractivity contribution in [1.82, 2.24) is 0 Å². The highest BCUT2D eigenvalue weighted by Gasteiger charge is 2.32. The van der Waals surface area contributed by atoms with Crippen molar-refractivity contribution in [3.8, 4) is 0 Å². The highest BCUT2D eigenvalue weighted by molar-refractivity contribution is 9.10. The molecule has 0 aromatic heterocycles. The van der Waals surface area contributed by atoms with Crippen LogP contribution in [-0.2, 0) is 0 Å². The van der Waals surface area contributed by atoms with Crippen molar-refractivity contribution in [3.63, 3.8) is 0 Å². The van der Waals surface area contributed by atoms with E-state index in [1.807, 2.05) is 0 Å². The van der Waals surface area contributed by atoms with E-state index in [9.17, 15) is 8.78 Å². The molecule has 1 unspecified atom stereocenters. The van der Waals surface area contributed by atoms with E-state index in [0.29, 0.717) is 10.2 Å². The van der Waals surface area contributed by atoms with E-state index in [4.69, 9.17) is 0 Å². The summed E-state index contributed by atoms with van der Waals surface area (Å²) in [7, 11) is 0. The first kappa shape index (κ1) is 13.8. The zero-order valence-corrected chi connectivity index (χ0v) is 12.3. The first-order valence-corrected chi connectivity index (χ1v) is 7.10. The van der Waals surface area contributed by atoms with Gasteiger partial charge in [-0.1, -0.05) is 26.7 Å². The summed E-state index contributed by atoms with van der Waals surface area (Å²) in [4.78, 5) is 0. The molecule has 1 aliphatic rings.